The Kier molecular flexibility index (Phi) is 4.53. The van der Waals surface area contributed by atoms with Crippen molar-refractivity contribution in [1.82, 2.24) is 24.2 Å². The fourth-order valence-electron chi connectivity index (χ4n) is 4.37. The first-order valence-electron chi connectivity index (χ1n) is 10.5. The van der Waals surface area contributed by atoms with Gasteiger partial charge in [-0.2, -0.15) is 0 Å². The summed E-state index contributed by atoms with van der Waals surface area (Å²) in [6.07, 6.45) is 4.53. The standard InChI is InChI=1S/C23H25N5O2/c1-15-10-11-27(18-8-9-18)23(30)21(15)22(29)26-13-16(2)28-19(24-25-20(28)14-26)12-17-6-4-3-5-7-17/h3-7,10-11,16,18H,8-9,12-14H2,1-2H3/t16-/m0/s1. The van der Waals surface area contributed by atoms with Crippen LogP contribution in [0.5, 0.6) is 0 Å². The van der Waals surface area contributed by atoms with Crippen molar-refractivity contribution >= 4 is 5.91 Å². The van der Waals surface area contributed by atoms with Crippen molar-refractivity contribution in [2.75, 3.05) is 6.54 Å². The Morgan fingerprint density at radius 1 is 1.13 bits per heavy atom. The van der Waals surface area contributed by atoms with Gasteiger partial charge >= 0.3 is 0 Å². The maximum atomic E-state index is 13.3. The smallest absolute Gasteiger partial charge is 0.263 e. The third-order valence-electron chi connectivity index (χ3n) is 6.07. The molecule has 5 rings (SSSR count). The number of carbonyl (C=O) groups is 1. The Hall–Kier alpha value is -3.22. The van der Waals surface area contributed by atoms with Gasteiger partial charge in [0.1, 0.15) is 11.4 Å². The van der Waals surface area contributed by atoms with Crippen LogP contribution in [0.2, 0.25) is 0 Å². The molecule has 7 heteroatoms. The lowest BCUT2D eigenvalue weighted by Crippen LogP contribution is -2.43. The number of nitrogens with zero attached hydrogens (tertiary/aromatic N) is 5. The van der Waals surface area contributed by atoms with Gasteiger partial charge in [-0.25, -0.2) is 0 Å². The van der Waals surface area contributed by atoms with Gasteiger partial charge in [-0.1, -0.05) is 30.3 Å². The van der Waals surface area contributed by atoms with E-state index < -0.39 is 0 Å². The Labute approximate surface area is 175 Å². The van der Waals surface area contributed by atoms with Crippen LogP contribution in [0.25, 0.3) is 0 Å². The van der Waals surface area contributed by atoms with Crippen molar-refractivity contribution in [2.45, 2.75) is 51.7 Å². The minimum atomic E-state index is -0.210. The number of amides is 1. The molecule has 1 aliphatic heterocycles. The van der Waals surface area contributed by atoms with Crippen molar-refractivity contribution in [3.8, 4) is 0 Å². The summed E-state index contributed by atoms with van der Waals surface area (Å²) in [6.45, 7) is 4.80. The van der Waals surface area contributed by atoms with E-state index in [9.17, 15) is 9.59 Å². The second-order valence-electron chi connectivity index (χ2n) is 8.42. The van der Waals surface area contributed by atoms with Crippen LogP contribution in [-0.4, -0.2) is 36.7 Å². The summed E-state index contributed by atoms with van der Waals surface area (Å²) in [4.78, 5) is 28.1. The topological polar surface area (TPSA) is 73.0 Å². The van der Waals surface area contributed by atoms with Crippen LogP contribution in [0.4, 0.5) is 0 Å². The van der Waals surface area contributed by atoms with Gasteiger partial charge in [0.05, 0.1) is 12.6 Å². The lowest BCUT2D eigenvalue weighted by atomic mass is 10.1. The molecule has 0 unspecified atom stereocenters. The number of aromatic nitrogens is 4. The van der Waals surface area contributed by atoms with E-state index in [1.165, 1.54) is 5.56 Å². The zero-order valence-electron chi connectivity index (χ0n) is 17.3. The van der Waals surface area contributed by atoms with E-state index in [0.717, 1.165) is 30.1 Å². The molecule has 0 bridgehead atoms. The molecule has 1 amide bonds. The molecule has 3 aromatic rings. The van der Waals surface area contributed by atoms with Crippen LogP contribution in [0.15, 0.2) is 47.4 Å². The highest BCUT2D eigenvalue weighted by Gasteiger charge is 2.33. The third kappa shape index (κ3) is 3.24. The largest absolute Gasteiger partial charge is 0.329 e. The first-order valence-corrected chi connectivity index (χ1v) is 10.5. The summed E-state index contributed by atoms with van der Waals surface area (Å²) in [7, 11) is 0. The number of benzene rings is 1. The van der Waals surface area contributed by atoms with Crippen LogP contribution in [-0.2, 0) is 13.0 Å². The molecule has 7 nitrogen and oxygen atoms in total. The molecule has 0 saturated heterocycles. The van der Waals surface area contributed by atoms with E-state index in [0.29, 0.717) is 19.5 Å². The second kappa shape index (κ2) is 7.23. The molecule has 1 fully saturated rings. The van der Waals surface area contributed by atoms with Gasteiger partial charge in [-0.05, 0) is 43.9 Å². The average molecular weight is 403 g/mol. The van der Waals surface area contributed by atoms with Crippen LogP contribution >= 0.6 is 0 Å². The number of carbonyl (C=O) groups excluding carboxylic acids is 1. The molecule has 3 heterocycles. The second-order valence-corrected chi connectivity index (χ2v) is 8.42. The van der Waals surface area contributed by atoms with Gasteiger partial charge in [-0.15, -0.1) is 10.2 Å². The molecule has 1 aliphatic carbocycles. The van der Waals surface area contributed by atoms with E-state index in [-0.39, 0.29) is 29.1 Å². The Balaban J connectivity index is 1.43. The third-order valence-corrected chi connectivity index (χ3v) is 6.07. The maximum absolute atomic E-state index is 13.3. The monoisotopic (exact) mass is 403 g/mol. The SMILES string of the molecule is Cc1ccn(C2CC2)c(=O)c1C(=O)N1Cc2nnc(Cc3ccccc3)n2[C@@H](C)C1. The number of hydrogen-bond acceptors (Lipinski definition) is 4. The van der Waals surface area contributed by atoms with Crippen molar-refractivity contribution in [3.63, 3.8) is 0 Å². The van der Waals surface area contributed by atoms with E-state index in [2.05, 4.69) is 33.8 Å². The van der Waals surface area contributed by atoms with Crippen LogP contribution < -0.4 is 5.56 Å². The molecule has 1 atom stereocenters. The van der Waals surface area contributed by atoms with Crippen LogP contribution in [0.3, 0.4) is 0 Å². The van der Waals surface area contributed by atoms with Crippen molar-refractivity contribution in [2.24, 2.45) is 0 Å². The van der Waals surface area contributed by atoms with Gasteiger partial charge in [0.25, 0.3) is 11.5 Å². The number of hydrogen-bond donors (Lipinski definition) is 0. The summed E-state index contributed by atoms with van der Waals surface area (Å²) in [5.74, 6) is 1.46. The molecular formula is C23H25N5O2. The van der Waals surface area contributed by atoms with Gasteiger partial charge in [0.15, 0.2) is 5.82 Å². The van der Waals surface area contributed by atoms with Gasteiger partial charge in [0.2, 0.25) is 0 Å². The summed E-state index contributed by atoms with van der Waals surface area (Å²) < 4.78 is 3.85. The van der Waals surface area contributed by atoms with Crippen LogP contribution in [0.1, 0.15) is 65.0 Å². The maximum Gasteiger partial charge on any atom is 0.263 e. The predicted octanol–water partition coefficient (Wildman–Crippen LogP) is 2.89. The first kappa shape index (κ1) is 18.8. The summed E-state index contributed by atoms with van der Waals surface area (Å²) in [6, 6.07) is 12.3. The molecule has 2 aliphatic rings. The zero-order valence-corrected chi connectivity index (χ0v) is 17.3. The Morgan fingerprint density at radius 2 is 1.90 bits per heavy atom. The Bertz CT molecular complexity index is 1160. The molecule has 0 spiro atoms. The van der Waals surface area contributed by atoms with E-state index in [4.69, 9.17) is 0 Å². The fourth-order valence-corrected chi connectivity index (χ4v) is 4.37. The normalized spacial score (nSPS) is 18.3. The number of rotatable bonds is 4. The minimum absolute atomic E-state index is 0.0427. The fraction of sp³-hybridized carbons (Fsp3) is 0.391. The molecule has 0 N–H and O–H groups in total. The number of pyridine rings is 1. The molecule has 154 valence electrons. The highest BCUT2D eigenvalue weighted by molar-refractivity contribution is 5.95. The lowest BCUT2D eigenvalue weighted by Gasteiger charge is -2.33. The summed E-state index contributed by atoms with van der Waals surface area (Å²) >= 11 is 0. The molecule has 1 saturated carbocycles. The van der Waals surface area contributed by atoms with Gasteiger partial charge < -0.3 is 14.0 Å². The number of aryl methyl sites for hydroxylation is 1. The predicted molar refractivity (Wildman–Crippen MR) is 112 cm³/mol. The van der Waals surface area contributed by atoms with Gasteiger partial charge in [0, 0.05) is 25.2 Å². The van der Waals surface area contributed by atoms with Crippen molar-refractivity contribution in [3.05, 3.63) is 81.3 Å². The number of fused-ring (bicyclic) bond motifs is 1. The summed E-state index contributed by atoms with van der Waals surface area (Å²) in [5.41, 5.74) is 2.02. The highest BCUT2D eigenvalue weighted by atomic mass is 16.2. The minimum Gasteiger partial charge on any atom is -0.329 e. The Morgan fingerprint density at radius 3 is 2.63 bits per heavy atom. The molecule has 0 radical (unpaired) electrons. The summed E-state index contributed by atoms with van der Waals surface area (Å²) in [5, 5.41) is 8.77. The lowest BCUT2D eigenvalue weighted by molar-refractivity contribution is 0.0676. The molecule has 2 aromatic heterocycles. The van der Waals surface area contributed by atoms with Crippen molar-refractivity contribution in [1.29, 1.82) is 0 Å². The van der Waals surface area contributed by atoms with Crippen molar-refractivity contribution < 1.29 is 4.79 Å². The van der Waals surface area contributed by atoms with E-state index in [1.54, 1.807) is 9.47 Å². The van der Waals surface area contributed by atoms with Crippen LogP contribution in [0, 0.1) is 6.92 Å². The van der Waals surface area contributed by atoms with E-state index >= 15 is 0 Å². The quantitative estimate of drug-likeness (QED) is 0.671. The zero-order chi connectivity index (χ0) is 20.8. The van der Waals surface area contributed by atoms with E-state index in [1.807, 2.05) is 37.4 Å². The van der Waals surface area contributed by atoms with Gasteiger partial charge in [-0.3, -0.25) is 9.59 Å². The average Bonchev–Trinajstić information content (AvgIpc) is 3.49. The first-order chi connectivity index (χ1) is 14.5. The molecule has 30 heavy (non-hydrogen) atoms. The molecule has 1 aromatic carbocycles. The molecular weight excluding hydrogens is 378 g/mol. The highest BCUT2D eigenvalue weighted by Crippen LogP contribution is 2.33.